The second-order valence-corrected chi connectivity index (χ2v) is 5.02. The summed E-state index contributed by atoms with van der Waals surface area (Å²) >= 11 is 0. The first-order valence-corrected chi connectivity index (χ1v) is 6.50. The van der Waals surface area contributed by atoms with Crippen LogP contribution in [0.3, 0.4) is 0 Å². The lowest BCUT2D eigenvalue weighted by Crippen LogP contribution is -2.32. The van der Waals surface area contributed by atoms with Crippen LogP contribution < -0.4 is 5.32 Å². The Balaban J connectivity index is 1.97. The van der Waals surface area contributed by atoms with Gasteiger partial charge < -0.3 is 14.6 Å². The second-order valence-electron chi connectivity index (χ2n) is 5.02. The van der Waals surface area contributed by atoms with Crippen molar-refractivity contribution < 1.29 is 4.74 Å². The molecular weight excluding hydrogens is 214 g/mol. The summed E-state index contributed by atoms with van der Waals surface area (Å²) in [5.41, 5.74) is 1.06. The van der Waals surface area contributed by atoms with Crippen LogP contribution in [0.15, 0.2) is 6.20 Å². The predicted octanol–water partition coefficient (Wildman–Crippen LogP) is 2.44. The number of anilines is 1. The SMILES string of the molecule is COCCn1cc(C)nc1NC(C)C1CCC1. The van der Waals surface area contributed by atoms with E-state index in [1.54, 1.807) is 7.11 Å². The summed E-state index contributed by atoms with van der Waals surface area (Å²) in [6, 6.07) is 0.520. The van der Waals surface area contributed by atoms with Gasteiger partial charge in [0.25, 0.3) is 0 Å². The molecule has 96 valence electrons. The highest BCUT2D eigenvalue weighted by Gasteiger charge is 2.24. The molecule has 1 aliphatic carbocycles. The van der Waals surface area contributed by atoms with Gasteiger partial charge in [-0.2, -0.15) is 0 Å². The van der Waals surface area contributed by atoms with Crippen molar-refractivity contribution in [2.24, 2.45) is 5.92 Å². The molecule has 2 rings (SSSR count). The fourth-order valence-electron chi connectivity index (χ4n) is 2.28. The quantitative estimate of drug-likeness (QED) is 0.826. The van der Waals surface area contributed by atoms with Crippen LogP contribution in [0.25, 0.3) is 0 Å². The molecule has 4 heteroatoms. The van der Waals surface area contributed by atoms with E-state index in [4.69, 9.17) is 4.74 Å². The van der Waals surface area contributed by atoms with Crippen molar-refractivity contribution in [1.82, 2.24) is 9.55 Å². The number of aryl methyl sites for hydroxylation is 1. The Morgan fingerprint density at radius 3 is 2.94 bits per heavy atom. The van der Waals surface area contributed by atoms with Crippen molar-refractivity contribution in [2.75, 3.05) is 19.0 Å². The molecule has 1 aromatic rings. The van der Waals surface area contributed by atoms with Crippen LogP contribution in [0.2, 0.25) is 0 Å². The van der Waals surface area contributed by atoms with Crippen molar-refractivity contribution in [2.45, 2.75) is 45.7 Å². The lowest BCUT2D eigenvalue weighted by Gasteiger charge is -2.32. The van der Waals surface area contributed by atoms with Gasteiger partial charge in [-0.05, 0) is 32.6 Å². The molecule has 17 heavy (non-hydrogen) atoms. The maximum Gasteiger partial charge on any atom is 0.203 e. The third kappa shape index (κ3) is 3.00. The average molecular weight is 237 g/mol. The van der Waals surface area contributed by atoms with Crippen LogP contribution in [0.1, 0.15) is 31.9 Å². The number of ether oxygens (including phenoxy) is 1. The fraction of sp³-hybridized carbons (Fsp3) is 0.769. The number of imidazole rings is 1. The summed E-state index contributed by atoms with van der Waals surface area (Å²) in [7, 11) is 1.73. The maximum absolute atomic E-state index is 5.12. The molecule has 1 heterocycles. The third-order valence-corrected chi connectivity index (χ3v) is 3.65. The highest BCUT2D eigenvalue weighted by molar-refractivity contribution is 5.30. The van der Waals surface area contributed by atoms with E-state index in [-0.39, 0.29) is 0 Å². The molecule has 4 nitrogen and oxygen atoms in total. The van der Waals surface area contributed by atoms with Crippen LogP contribution in [0.4, 0.5) is 5.95 Å². The first-order valence-electron chi connectivity index (χ1n) is 6.50. The average Bonchev–Trinajstić information content (AvgIpc) is 2.53. The molecule has 1 N–H and O–H groups in total. The zero-order chi connectivity index (χ0) is 12.3. The smallest absolute Gasteiger partial charge is 0.203 e. The van der Waals surface area contributed by atoms with Crippen LogP contribution >= 0.6 is 0 Å². The van der Waals surface area contributed by atoms with E-state index in [0.29, 0.717) is 6.04 Å². The Morgan fingerprint density at radius 2 is 2.35 bits per heavy atom. The van der Waals surface area contributed by atoms with Gasteiger partial charge in [-0.3, -0.25) is 0 Å². The van der Waals surface area contributed by atoms with Crippen molar-refractivity contribution >= 4 is 5.95 Å². The molecule has 1 unspecified atom stereocenters. The molecule has 0 saturated heterocycles. The molecule has 0 aliphatic heterocycles. The van der Waals surface area contributed by atoms with Crippen LogP contribution in [0.5, 0.6) is 0 Å². The molecule has 0 radical (unpaired) electrons. The Bertz CT molecular complexity index is 358. The van der Waals surface area contributed by atoms with Gasteiger partial charge >= 0.3 is 0 Å². The van der Waals surface area contributed by atoms with Crippen molar-refractivity contribution in [3.8, 4) is 0 Å². The number of nitrogens with one attached hydrogen (secondary N) is 1. The van der Waals surface area contributed by atoms with Crippen LogP contribution in [-0.4, -0.2) is 29.3 Å². The molecule has 1 aliphatic rings. The largest absolute Gasteiger partial charge is 0.383 e. The predicted molar refractivity (Wildman–Crippen MR) is 69.3 cm³/mol. The van der Waals surface area contributed by atoms with Crippen molar-refractivity contribution in [3.05, 3.63) is 11.9 Å². The van der Waals surface area contributed by atoms with Crippen LogP contribution in [0, 0.1) is 12.8 Å². The van der Waals surface area contributed by atoms with Gasteiger partial charge in [-0.1, -0.05) is 6.42 Å². The highest BCUT2D eigenvalue weighted by atomic mass is 16.5. The molecule has 0 amide bonds. The standard InChI is InChI=1S/C13H23N3O/c1-10-9-16(7-8-17-3)13(14-10)15-11(2)12-5-4-6-12/h9,11-12H,4-8H2,1-3H3,(H,14,15). The van der Waals surface area contributed by atoms with Gasteiger partial charge in [-0.25, -0.2) is 4.98 Å². The number of rotatable bonds is 6. The monoisotopic (exact) mass is 237 g/mol. The van der Waals surface area contributed by atoms with Gasteiger partial charge in [-0.15, -0.1) is 0 Å². The maximum atomic E-state index is 5.12. The molecule has 0 bridgehead atoms. The summed E-state index contributed by atoms with van der Waals surface area (Å²) in [6.45, 7) is 5.87. The summed E-state index contributed by atoms with van der Waals surface area (Å²) in [4.78, 5) is 4.54. The number of aromatic nitrogens is 2. The van der Waals surface area contributed by atoms with E-state index in [9.17, 15) is 0 Å². The Kier molecular flexibility index (Phi) is 4.05. The normalized spacial score (nSPS) is 17.8. The molecule has 0 spiro atoms. The minimum Gasteiger partial charge on any atom is -0.383 e. The lowest BCUT2D eigenvalue weighted by atomic mass is 9.80. The first-order chi connectivity index (χ1) is 8.20. The number of hydrogen-bond acceptors (Lipinski definition) is 3. The molecule has 1 fully saturated rings. The minimum atomic E-state index is 0.520. The summed E-state index contributed by atoms with van der Waals surface area (Å²) in [5, 5.41) is 3.54. The van der Waals surface area contributed by atoms with Gasteiger partial charge in [0.05, 0.1) is 12.3 Å². The summed E-state index contributed by atoms with van der Waals surface area (Å²) in [5.74, 6) is 1.81. The van der Waals surface area contributed by atoms with E-state index >= 15 is 0 Å². The highest BCUT2D eigenvalue weighted by Crippen LogP contribution is 2.30. The van der Waals surface area contributed by atoms with E-state index in [1.807, 2.05) is 6.92 Å². The van der Waals surface area contributed by atoms with Crippen molar-refractivity contribution in [3.63, 3.8) is 0 Å². The summed E-state index contributed by atoms with van der Waals surface area (Å²) < 4.78 is 7.27. The number of hydrogen-bond donors (Lipinski definition) is 1. The molecule has 1 aromatic heterocycles. The van der Waals surface area contributed by atoms with E-state index in [1.165, 1.54) is 19.3 Å². The minimum absolute atomic E-state index is 0.520. The Labute approximate surface area is 103 Å². The second kappa shape index (κ2) is 5.54. The van der Waals surface area contributed by atoms with E-state index < -0.39 is 0 Å². The van der Waals surface area contributed by atoms with Gasteiger partial charge in [0.15, 0.2) is 0 Å². The molecule has 1 atom stereocenters. The Hall–Kier alpha value is -1.03. The lowest BCUT2D eigenvalue weighted by molar-refractivity contribution is 0.187. The molecular formula is C13H23N3O. The number of methoxy groups -OCH3 is 1. The van der Waals surface area contributed by atoms with Gasteiger partial charge in [0, 0.05) is 25.9 Å². The fourth-order valence-corrected chi connectivity index (χ4v) is 2.28. The van der Waals surface area contributed by atoms with Gasteiger partial charge in [0.2, 0.25) is 5.95 Å². The van der Waals surface area contributed by atoms with Gasteiger partial charge in [0.1, 0.15) is 0 Å². The third-order valence-electron chi connectivity index (χ3n) is 3.65. The molecule has 1 saturated carbocycles. The van der Waals surface area contributed by atoms with E-state index in [2.05, 4.69) is 28.0 Å². The zero-order valence-electron chi connectivity index (χ0n) is 11.1. The Morgan fingerprint density at radius 1 is 1.59 bits per heavy atom. The molecule has 0 aromatic carbocycles. The number of nitrogens with zero attached hydrogens (tertiary/aromatic N) is 2. The zero-order valence-corrected chi connectivity index (χ0v) is 11.1. The van der Waals surface area contributed by atoms with Crippen LogP contribution in [-0.2, 0) is 11.3 Å². The van der Waals surface area contributed by atoms with Crippen molar-refractivity contribution in [1.29, 1.82) is 0 Å². The first kappa shape index (κ1) is 12.4. The summed E-state index contributed by atoms with van der Waals surface area (Å²) in [6.07, 6.45) is 6.17. The topological polar surface area (TPSA) is 39.1 Å². The van der Waals surface area contributed by atoms with E-state index in [0.717, 1.165) is 30.7 Å².